The number of amides is 1. The Morgan fingerprint density at radius 2 is 2.27 bits per heavy atom. The predicted molar refractivity (Wildman–Crippen MR) is 83.6 cm³/mol. The number of carbonyl (C=O) groups is 1. The molecule has 1 saturated carbocycles. The summed E-state index contributed by atoms with van der Waals surface area (Å²) in [7, 11) is 0. The van der Waals surface area contributed by atoms with Gasteiger partial charge >= 0.3 is 0 Å². The molecule has 118 valence electrons. The fourth-order valence-corrected chi connectivity index (χ4v) is 2.56. The molecule has 0 bridgehead atoms. The van der Waals surface area contributed by atoms with Crippen LogP contribution >= 0.6 is 0 Å². The van der Waals surface area contributed by atoms with Gasteiger partial charge in [0, 0.05) is 44.1 Å². The molecule has 1 aliphatic carbocycles. The van der Waals surface area contributed by atoms with Gasteiger partial charge in [-0.3, -0.25) is 9.48 Å². The molecule has 2 aromatic rings. The maximum atomic E-state index is 12.0. The van der Waals surface area contributed by atoms with Gasteiger partial charge in [0.25, 0.3) is 5.91 Å². The Labute approximate surface area is 130 Å². The van der Waals surface area contributed by atoms with Gasteiger partial charge in [0.15, 0.2) is 0 Å². The minimum Gasteiger partial charge on any atom is -0.350 e. The normalized spacial score (nSPS) is 14.3. The molecule has 0 atom stereocenters. The van der Waals surface area contributed by atoms with Crippen LogP contribution in [0.1, 0.15) is 41.8 Å². The van der Waals surface area contributed by atoms with Gasteiger partial charge in [0.2, 0.25) is 0 Å². The Bertz CT molecular complexity index is 653. The summed E-state index contributed by atoms with van der Waals surface area (Å²) < 4.78 is 4.04. The molecule has 22 heavy (non-hydrogen) atoms. The van der Waals surface area contributed by atoms with Crippen molar-refractivity contribution in [2.45, 2.75) is 46.2 Å². The SMILES string of the molecule is CCn1ccc(C(=O)NCCc2ncc(C)n2CC2CC2)n1. The van der Waals surface area contributed by atoms with E-state index in [4.69, 9.17) is 0 Å². The summed E-state index contributed by atoms with van der Waals surface area (Å²) >= 11 is 0. The van der Waals surface area contributed by atoms with E-state index in [9.17, 15) is 4.79 Å². The zero-order chi connectivity index (χ0) is 15.5. The van der Waals surface area contributed by atoms with Crippen molar-refractivity contribution < 1.29 is 4.79 Å². The van der Waals surface area contributed by atoms with Crippen molar-refractivity contribution in [1.29, 1.82) is 0 Å². The van der Waals surface area contributed by atoms with Crippen LogP contribution in [0.15, 0.2) is 18.5 Å². The maximum absolute atomic E-state index is 12.0. The number of hydrogen-bond acceptors (Lipinski definition) is 3. The van der Waals surface area contributed by atoms with Gasteiger partial charge < -0.3 is 9.88 Å². The summed E-state index contributed by atoms with van der Waals surface area (Å²) in [5.74, 6) is 1.76. The Kier molecular flexibility index (Phi) is 4.27. The van der Waals surface area contributed by atoms with Crippen LogP contribution in [0.5, 0.6) is 0 Å². The molecular weight excluding hydrogens is 278 g/mol. The van der Waals surface area contributed by atoms with E-state index in [-0.39, 0.29) is 5.91 Å². The van der Waals surface area contributed by atoms with E-state index in [2.05, 4.69) is 26.9 Å². The van der Waals surface area contributed by atoms with E-state index in [0.717, 1.165) is 31.3 Å². The third-order valence-electron chi connectivity index (χ3n) is 4.11. The molecule has 0 aromatic carbocycles. The van der Waals surface area contributed by atoms with Crippen LogP contribution < -0.4 is 5.32 Å². The van der Waals surface area contributed by atoms with Crippen molar-refractivity contribution in [2.75, 3.05) is 6.54 Å². The van der Waals surface area contributed by atoms with E-state index < -0.39 is 0 Å². The van der Waals surface area contributed by atoms with E-state index in [0.29, 0.717) is 12.2 Å². The third-order valence-corrected chi connectivity index (χ3v) is 4.11. The minimum atomic E-state index is -0.121. The van der Waals surface area contributed by atoms with Crippen molar-refractivity contribution in [3.8, 4) is 0 Å². The van der Waals surface area contributed by atoms with Gasteiger partial charge in [0.1, 0.15) is 11.5 Å². The smallest absolute Gasteiger partial charge is 0.271 e. The van der Waals surface area contributed by atoms with E-state index in [1.807, 2.05) is 19.3 Å². The van der Waals surface area contributed by atoms with Gasteiger partial charge in [-0.25, -0.2) is 4.98 Å². The summed E-state index contributed by atoms with van der Waals surface area (Å²) in [4.78, 5) is 16.5. The number of nitrogens with one attached hydrogen (secondary N) is 1. The maximum Gasteiger partial charge on any atom is 0.271 e. The zero-order valence-corrected chi connectivity index (χ0v) is 13.2. The highest BCUT2D eigenvalue weighted by atomic mass is 16.1. The fourth-order valence-electron chi connectivity index (χ4n) is 2.56. The Balaban J connectivity index is 1.53. The fraction of sp³-hybridized carbons (Fsp3) is 0.562. The van der Waals surface area contributed by atoms with Crippen LogP contribution in [0.2, 0.25) is 0 Å². The molecule has 0 saturated heterocycles. The molecule has 0 aliphatic heterocycles. The number of aryl methyl sites for hydroxylation is 2. The van der Waals surface area contributed by atoms with Crippen molar-refractivity contribution in [3.63, 3.8) is 0 Å². The summed E-state index contributed by atoms with van der Waals surface area (Å²) in [6.45, 7) is 6.51. The van der Waals surface area contributed by atoms with E-state index >= 15 is 0 Å². The molecule has 2 heterocycles. The number of carbonyl (C=O) groups excluding carboxylic acids is 1. The number of rotatable bonds is 7. The van der Waals surface area contributed by atoms with Crippen molar-refractivity contribution in [2.24, 2.45) is 5.92 Å². The predicted octanol–water partition coefficient (Wildman–Crippen LogP) is 1.79. The standard InChI is InChI=1S/C16H23N5O/c1-3-20-9-7-14(19-20)16(22)17-8-6-15-18-10-12(2)21(15)11-13-4-5-13/h7,9-10,13H,3-6,8,11H2,1-2H3,(H,17,22). The van der Waals surface area contributed by atoms with Crippen LogP contribution in [0, 0.1) is 12.8 Å². The Hall–Kier alpha value is -2.11. The van der Waals surface area contributed by atoms with Gasteiger partial charge in [-0.15, -0.1) is 0 Å². The minimum absolute atomic E-state index is 0.121. The van der Waals surface area contributed by atoms with Crippen LogP contribution in [0.4, 0.5) is 0 Å². The molecule has 6 heteroatoms. The highest BCUT2D eigenvalue weighted by molar-refractivity contribution is 5.92. The first-order valence-corrected chi connectivity index (χ1v) is 8.00. The second-order valence-electron chi connectivity index (χ2n) is 5.93. The van der Waals surface area contributed by atoms with Gasteiger partial charge in [-0.2, -0.15) is 5.10 Å². The molecule has 1 fully saturated rings. The summed E-state index contributed by atoms with van der Waals surface area (Å²) in [6.07, 6.45) is 7.14. The Morgan fingerprint density at radius 1 is 1.45 bits per heavy atom. The van der Waals surface area contributed by atoms with Crippen molar-refractivity contribution in [3.05, 3.63) is 35.7 Å². The lowest BCUT2D eigenvalue weighted by molar-refractivity contribution is 0.0948. The third kappa shape index (κ3) is 3.37. The zero-order valence-electron chi connectivity index (χ0n) is 13.2. The molecule has 1 N–H and O–H groups in total. The van der Waals surface area contributed by atoms with E-state index in [1.165, 1.54) is 18.5 Å². The molecule has 0 spiro atoms. The molecule has 1 amide bonds. The molecular formula is C16H23N5O. The number of imidazole rings is 1. The van der Waals surface area contributed by atoms with Crippen LogP contribution in [0.25, 0.3) is 0 Å². The lowest BCUT2D eigenvalue weighted by atomic mass is 10.3. The molecule has 0 radical (unpaired) electrons. The molecule has 1 aliphatic rings. The van der Waals surface area contributed by atoms with Gasteiger partial charge in [-0.1, -0.05) is 0 Å². The lowest BCUT2D eigenvalue weighted by Gasteiger charge is -2.09. The van der Waals surface area contributed by atoms with Gasteiger partial charge in [0.05, 0.1) is 0 Å². The molecule has 6 nitrogen and oxygen atoms in total. The summed E-state index contributed by atoms with van der Waals surface area (Å²) in [5.41, 5.74) is 1.68. The summed E-state index contributed by atoms with van der Waals surface area (Å²) in [6, 6.07) is 1.75. The second-order valence-corrected chi connectivity index (χ2v) is 5.93. The molecule has 3 rings (SSSR count). The second kappa shape index (κ2) is 6.34. The van der Waals surface area contributed by atoms with Crippen molar-refractivity contribution >= 4 is 5.91 Å². The average molecular weight is 301 g/mol. The highest BCUT2D eigenvalue weighted by Gasteiger charge is 2.23. The quantitative estimate of drug-likeness (QED) is 0.848. The van der Waals surface area contributed by atoms with Gasteiger partial charge in [-0.05, 0) is 38.7 Å². The largest absolute Gasteiger partial charge is 0.350 e. The first-order valence-electron chi connectivity index (χ1n) is 8.00. The lowest BCUT2D eigenvalue weighted by Crippen LogP contribution is -2.27. The first kappa shape index (κ1) is 14.8. The summed E-state index contributed by atoms with van der Waals surface area (Å²) in [5, 5.41) is 7.13. The highest BCUT2D eigenvalue weighted by Crippen LogP contribution is 2.31. The first-order chi connectivity index (χ1) is 10.7. The van der Waals surface area contributed by atoms with Crippen LogP contribution in [-0.2, 0) is 19.5 Å². The monoisotopic (exact) mass is 301 g/mol. The number of aromatic nitrogens is 4. The van der Waals surface area contributed by atoms with Crippen molar-refractivity contribution in [1.82, 2.24) is 24.6 Å². The molecule has 0 unspecified atom stereocenters. The number of nitrogens with zero attached hydrogens (tertiary/aromatic N) is 4. The Morgan fingerprint density at radius 3 is 2.95 bits per heavy atom. The number of hydrogen-bond donors (Lipinski definition) is 1. The molecule has 2 aromatic heterocycles. The topological polar surface area (TPSA) is 64.7 Å². The van der Waals surface area contributed by atoms with Crippen LogP contribution in [0.3, 0.4) is 0 Å². The average Bonchev–Trinajstić information content (AvgIpc) is 3.09. The van der Waals surface area contributed by atoms with Crippen LogP contribution in [-0.4, -0.2) is 31.8 Å². The van der Waals surface area contributed by atoms with E-state index in [1.54, 1.807) is 10.7 Å².